The lowest BCUT2D eigenvalue weighted by molar-refractivity contribution is 0.0521. The molecular weight excluding hydrogens is 246 g/mol. The number of aromatic nitrogens is 1. The molecule has 0 amide bonds. The Bertz CT molecular complexity index is 575. The lowest BCUT2D eigenvalue weighted by Gasteiger charge is -2.03. The summed E-state index contributed by atoms with van der Waals surface area (Å²) < 4.78 is 5.04. The molecule has 0 aliphatic heterocycles. The van der Waals surface area contributed by atoms with Crippen LogP contribution < -0.4 is 0 Å². The van der Waals surface area contributed by atoms with E-state index in [1.807, 2.05) is 32.0 Å². The molecule has 0 spiro atoms. The van der Waals surface area contributed by atoms with Crippen LogP contribution in [-0.2, 0) is 4.74 Å². The Kier molecular flexibility index (Phi) is 3.77. The van der Waals surface area contributed by atoms with Crippen molar-refractivity contribution >= 4 is 17.3 Å². The molecule has 1 heterocycles. The van der Waals surface area contributed by atoms with Crippen LogP contribution in [0.2, 0.25) is 0 Å². The molecule has 2 rings (SSSR count). The SMILES string of the molecule is CCOC(=O)c1nc(C)sc1-c1cccc(C)c1. The van der Waals surface area contributed by atoms with E-state index in [4.69, 9.17) is 4.74 Å². The third-order valence-corrected chi connectivity index (χ3v) is 3.50. The molecule has 0 aliphatic rings. The lowest BCUT2D eigenvalue weighted by atomic mass is 10.1. The van der Waals surface area contributed by atoms with E-state index in [2.05, 4.69) is 11.1 Å². The average molecular weight is 261 g/mol. The lowest BCUT2D eigenvalue weighted by Crippen LogP contribution is -2.06. The highest BCUT2D eigenvalue weighted by Crippen LogP contribution is 2.31. The summed E-state index contributed by atoms with van der Waals surface area (Å²) in [7, 11) is 0. The van der Waals surface area contributed by atoms with Crippen LogP contribution in [0.3, 0.4) is 0 Å². The van der Waals surface area contributed by atoms with E-state index in [-0.39, 0.29) is 5.97 Å². The first-order chi connectivity index (χ1) is 8.61. The minimum absolute atomic E-state index is 0.349. The summed E-state index contributed by atoms with van der Waals surface area (Å²) in [6.45, 7) is 6.08. The zero-order chi connectivity index (χ0) is 13.1. The summed E-state index contributed by atoms with van der Waals surface area (Å²) in [6.07, 6.45) is 0. The zero-order valence-corrected chi connectivity index (χ0v) is 11.5. The molecule has 0 fully saturated rings. The number of ether oxygens (including phenoxy) is 1. The van der Waals surface area contributed by atoms with Crippen molar-refractivity contribution in [1.29, 1.82) is 0 Å². The molecule has 0 saturated carbocycles. The number of carbonyl (C=O) groups excluding carboxylic acids is 1. The fraction of sp³-hybridized carbons (Fsp3) is 0.286. The van der Waals surface area contributed by atoms with Gasteiger partial charge in [-0.15, -0.1) is 11.3 Å². The Morgan fingerprint density at radius 1 is 1.39 bits per heavy atom. The van der Waals surface area contributed by atoms with Gasteiger partial charge in [0.25, 0.3) is 0 Å². The van der Waals surface area contributed by atoms with E-state index in [9.17, 15) is 4.79 Å². The Hall–Kier alpha value is -1.68. The minimum Gasteiger partial charge on any atom is -0.461 e. The van der Waals surface area contributed by atoms with Crippen molar-refractivity contribution in [2.45, 2.75) is 20.8 Å². The van der Waals surface area contributed by atoms with Gasteiger partial charge in [-0.25, -0.2) is 9.78 Å². The number of hydrogen-bond acceptors (Lipinski definition) is 4. The second kappa shape index (κ2) is 5.31. The van der Waals surface area contributed by atoms with Crippen LogP contribution in [0.4, 0.5) is 0 Å². The number of nitrogens with zero attached hydrogens (tertiary/aromatic N) is 1. The van der Waals surface area contributed by atoms with Gasteiger partial charge in [-0.2, -0.15) is 0 Å². The van der Waals surface area contributed by atoms with Crippen LogP contribution in [0.15, 0.2) is 24.3 Å². The Labute approximate surface area is 110 Å². The summed E-state index contributed by atoms with van der Waals surface area (Å²) in [5.41, 5.74) is 2.60. The van der Waals surface area contributed by atoms with Crippen molar-refractivity contribution in [2.24, 2.45) is 0 Å². The van der Waals surface area contributed by atoms with E-state index >= 15 is 0 Å². The van der Waals surface area contributed by atoms with Crippen molar-refractivity contribution in [1.82, 2.24) is 4.98 Å². The van der Waals surface area contributed by atoms with E-state index in [1.54, 1.807) is 6.92 Å². The van der Waals surface area contributed by atoms with Gasteiger partial charge in [0, 0.05) is 0 Å². The summed E-state index contributed by atoms with van der Waals surface area (Å²) in [4.78, 5) is 17.0. The first-order valence-electron chi connectivity index (χ1n) is 5.83. The van der Waals surface area contributed by atoms with Gasteiger partial charge in [0.05, 0.1) is 16.5 Å². The summed E-state index contributed by atoms with van der Waals surface area (Å²) >= 11 is 1.52. The minimum atomic E-state index is -0.349. The van der Waals surface area contributed by atoms with Gasteiger partial charge >= 0.3 is 5.97 Å². The smallest absolute Gasteiger partial charge is 0.358 e. The molecule has 0 bridgehead atoms. The molecule has 0 aliphatic carbocycles. The van der Waals surface area contributed by atoms with Crippen molar-refractivity contribution in [3.8, 4) is 10.4 Å². The fourth-order valence-corrected chi connectivity index (χ4v) is 2.65. The summed E-state index contributed by atoms with van der Waals surface area (Å²) in [6, 6.07) is 8.05. The monoisotopic (exact) mass is 261 g/mol. The largest absolute Gasteiger partial charge is 0.461 e. The maximum absolute atomic E-state index is 11.9. The van der Waals surface area contributed by atoms with Crippen LogP contribution in [0.5, 0.6) is 0 Å². The standard InChI is InChI=1S/C14H15NO2S/c1-4-17-14(16)12-13(18-10(3)15-12)11-7-5-6-9(2)8-11/h5-8H,4H2,1-3H3. The second-order valence-corrected chi connectivity index (χ2v) is 5.20. The topological polar surface area (TPSA) is 39.2 Å². The highest BCUT2D eigenvalue weighted by Gasteiger charge is 2.19. The number of benzene rings is 1. The Balaban J connectivity index is 2.47. The summed E-state index contributed by atoms with van der Waals surface area (Å²) in [5.74, 6) is -0.349. The van der Waals surface area contributed by atoms with Crippen LogP contribution in [-0.4, -0.2) is 17.6 Å². The van der Waals surface area contributed by atoms with E-state index in [0.717, 1.165) is 21.0 Å². The first-order valence-corrected chi connectivity index (χ1v) is 6.65. The second-order valence-electron chi connectivity index (χ2n) is 4.00. The van der Waals surface area contributed by atoms with Crippen LogP contribution in [0, 0.1) is 13.8 Å². The fourth-order valence-electron chi connectivity index (χ4n) is 1.75. The third-order valence-electron chi connectivity index (χ3n) is 2.48. The van der Waals surface area contributed by atoms with Gasteiger partial charge < -0.3 is 4.74 Å². The quantitative estimate of drug-likeness (QED) is 0.792. The molecule has 4 heteroatoms. The Morgan fingerprint density at radius 2 is 2.17 bits per heavy atom. The molecular formula is C14H15NO2S. The highest BCUT2D eigenvalue weighted by molar-refractivity contribution is 7.15. The number of thiazole rings is 1. The number of carbonyl (C=O) groups is 1. The normalized spacial score (nSPS) is 10.4. The maximum atomic E-state index is 11.9. The number of aryl methyl sites for hydroxylation is 2. The molecule has 3 nitrogen and oxygen atoms in total. The van der Waals surface area contributed by atoms with Gasteiger partial charge in [0.2, 0.25) is 0 Å². The zero-order valence-electron chi connectivity index (χ0n) is 10.7. The van der Waals surface area contributed by atoms with Gasteiger partial charge in [-0.3, -0.25) is 0 Å². The van der Waals surface area contributed by atoms with E-state index < -0.39 is 0 Å². The van der Waals surface area contributed by atoms with Crippen molar-refractivity contribution < 1.29 is 9.53 Å². The molecule has 0 N–H and O–H groups in total. The Morgan fingerprint density at radius 3 is 2.83 bits per heavy atom. The molecule has 0 saturated heterocycles. The van der Waals surface area contributed by atoms with E-state index in [1.165, 1.54) is 11.3 Å². The maximum Gasteiger partial charge on any atom is 0.358 e. The molecule has 94 valence electrons. The number of hydrogen-bond donors (Lipinski definition) is 0. The first kappa shape index (κ1) is 12.8. The van der Waals surface area contributed by atoms with Crippen molar-refractivity contribution in [3.63, 3.8) is 0 Å². The molecule has 1 aromatic carbocycles. The van der Waals surface area contributed by atoms with Crippen molar-refractivity contribution in [2.75, 3.05) is 6.61 Å². The van der Waals surface area contributed by atoms with Crippen molar-refractivity contribution in [3.05, 3.63) is 40.5 Å². The molecule has 0 radical (unpaired) electrons. The predicted octanol–water partition coefficient (Wildman–Crippen LogP) is 3.60. The van der Waals surface area contributed by atoms with Gasteiger partial charge in [-0.1, -0.05) is 29.8 Å². The predicted molar refractivity (Wildman–Crippen MR) is 73.0 cm³/mol. The van der Waals surface area contributed by atoms with Crippen LogP contribution >= 0.6 is 11.3 Å². The molecule has 2 aromatic rings. The highest BCUT2D eigenvalue weighted by atomic mass is 32.1. The summed E-state index contributed by atoms with van der Waals surface area (Å²) in [5, 5.41) is 0.870. The molecule has 1 aromatic heterocycles. The number of esters is 1. The number of rotatable bonds is 3. The van der Waals surface area contributed by atoms with Gasteiger partial charge in [0.1, 0.15) is 0 Å². The van der Waals surface area contributed by atoms with Crippen LogP contribution in [0.25, 0.3) is 10.4 Å². The van der Waals surface area contributed by atoms with Gasteiger partial charge in [0.15, 0.2) is 5.69 Å². The molecule has 18 heavy (non-hydrogen) atoms. The van der Waals surface area contributed by atoms with E-state index in [0.29, 0.717) is 12.3 Å². The molecule has 0 unspecified atom stereocenters. The average Bonchev–Trinajstić information content (AvgIpc) is 2.72. The molecule has 0 atom stereocenters. The van der Waals surface area contributed by atoms with Crippen LogP contribution in [0.1, 0.15) is 28.0 Å². The van der Waals surface area contributed by atoms with Gasteiger partial charge in [-0.05, 0) is 26.3 Å². The third kappa shape index (κ3) is 2.59.